The van der Waals surface area contributed by atoms with Crippen molar-refractivity contribution < 1.29 is 4.39 Å². The molecule has 0 saturated heterocycles. The molecule has 1 aliphatic carbocycles. The third-order valence-electron chi connectivity index (χ3n) is 4.67. The van der Waals surface area contributed by atoms with E-state index in [-0.39, 0.29) is 18.1 Å². The fourth-order valence-corrected chi connectivity index (χ4v) is 3.23. The lowest BCUT2D eigenvalue weighted by Gasteiger charge is -2.04. The molecule has 5 rings (SSSR count). The van der Waals surface area contributed by atoms with Gasteiger partial charge in [-0.15, -0.1) is 5.10 Å². The molecule has 1 fully saturated rings. The van der Waals surface area contributed by atoms with Gasteiger partial charge in [-0.25, -0.2) is 23.3 Å². The molecule has 2 aromatic heterocycles. The lowest BCUT2D eigenvalue weighted by molar-refractivity contribution is 0.577. The van der Waals surface area contributed by atoms with Crippen LogP contribution in [0.4, 0.5) is 4.39 Å². The van der Waals surface area contributed by atoms with Gasteiger partial charge in [0.15, 0.2) is 5.65 Å². The Hall–Kier alpha value is -3.02. The number of hydrogen-bond acceptors (Lipinski definition) is 3. The van der Waals surface area contributed by atoms with Crippen molar-refractivity contribution in [2.45, 2.75) is 25.3 Å². The lowest BCUT2D eigenvalue weighted by Crippen LogP contribution is -2.24. The maximum Gasteiger partial charge on any atom is 0.352 e. The second-order valence-electron chi connectivity index (χ2n) is 6.45. The van der Waals surface area contributed by atoms with Gasteiger partial charge in [0.25, 0.3) is 0 Å². The molecule has 0 spiro atoms. The van der Waals surface area contributed by atoms with Crippen LogP contribution in [-0.2, 0) is 6.54 Å². The molecule has 2 aromatic carbocycles. The van der Waals surface area contributed by atoms with Gasteiger partial charge >= 0.3 is 5.69 Å². The van der Waals surface area contributed by atoms with Crippen molar-refractivity contribution in [3.63, 3.8) is 0 Å². The summed E-state index contributed by atoms with van der Waals surface area (Å²) >= 11 is 0. The summed E-state index contributed by atoms with van der Waals surface area (Å²) in [5, 5.41) is 5.34. The summed E-state index contributed by atoms with van der Waals surface area (Å²) in [6, 6.07) is 14.1. The van der Waals surface area contributed by atoms with E-state index in [2.05, 4.69) is 5.10 Å². The second-order valence-corrected chi connectivity index (χ2v) is 6.45. The Morgan fingerprint density at radius 2 is 1.84 bits per heavy atom. The molecule has 5 nitrogen and oxygen atoms in total. The van der Waals surface area contributed by atoms with Crippen molar-refractivity contribution >= 4 is 16.6 Å². The van der Waals surface area contributed by atoms with E-state index in [1.54, 1.807) is 22.6 Å². The van der Waals surface area contributed by atoms with Crippen LogP contribution in [-0.4, -0.2) is 19.2 Å². The zero-order valence-corrected chi connectivity index (χ0v) is 13.4. The van der Waals surface area contributed by atoms with Crippen LogP contribution in [0.25, 0.3) is 16.6 Å². The zero-order chi connectivity index (χ0) is 17.0. The smallest absolute Gasteiger partial charge is 0.245 e. The summed E-state index contributed by atoms with van der Waals surface area (Å²) in [5.74, 6) is 0.728. The highest BCUT2D eigenvalue weighted by molar-refractivity contribution is 5.91. The maximum atomic E-state index is 14.0. The highest BCUT2D eigenvalue weighted by Crippen LogP contribution is 2.39. The Kier molecular flexibility index (Phi) is 3.00. The maximum absolute atomic E-state index is 14.0. The molecular weight excluding hydrogens is 319 g/mol. The Morgan fingerprint density at radius 3 is 2.64 bits per heavy atom. The Balaban J connectivity index is 1.78. The molecule has 124 valence electrons. The highest BCUT2D eigenvalue weighted by Gasteiger charge is 2.30. The standard InChI is InChI=1S/C19H15FN4O/c20-15-7-3-1-5-13(15)11-23-19(25)24-17(12-9-10-12)21-16-8-4-2-6-14(16)18(24)22-23/h1-8,12H,9-11H2. The van der Waals surface area contributed by atoms with Gasteiger partial charge in [-0.1, -0.05) is 30.3 Å². The molecule has 0 bridgehead atoms. The topological polar surface area (TPSA) is 52.2 Å². The van der Waals surface area contributed by atoms with Gasteiger partial charge in [-0.2, -0.15) is 0 Å². The van der Waals surface area contributed by atoms with Gasteiger partial charge in [0.2, 0.25) is 0 Å². The minimum absolute atomic E-state index is 0.103. The van der Waals surface area contributed by atoms with E-state index in [1.807, 2.05) is 24.3 Å². The monoisotopic (exact) mass is 334 g/mol. The second kappa shape index (κ2) is 5.24. The minimum Gasteiger partial charge on any atom is -0.245 e. The molecule has 0 atom stereocenters. The summed E-state index contributed by atoms with van der Waals surface area (Å²) in [4.78, 5) is 17.6. The molecule has 0 radical (unpaired) electrons. The van der Waals surface area contributed by atoms with Crippen LogP contribution in [0.5, 0.6) is 0 Å². The molecule has 0 amide bonds. The fraction of sp³-hybridized carbons (Fsp3) is 0.211. The molecule has 0 N–H and O–H groups in total. The van der Waals surface area contributed by atoms with E-state index in [0.717, 1.165) is 29.6 Å². The summed E-state index contributed by atoms with van der Waals surface area (Å²) in [6.07, 6.45) is 2.07. The number of aromatic nitrogens is 4. The average Bonchev–Trinajstić information content (AvgIpc) is 3.42. The number of halogens is 1. The van der Waals surface area contributed by atoms with Gasteiger partial charge in [0, 0.05) is 16.9 Å². The van der Waals surface area contributed by atoms with E-state index in [4.69, 9.17) is 4.98 Å². The van der Waals surface area contributed by atoms with E-state index in [9.17, 15) is 9.18 Å². The largest absolute Gasteiger partial charge is 0.352 e. The molecular formula is C19H15FN4O. The molecule has 25 heavy (non-hydrogen) atoms. The normalized spacial score (nSPS) is 14.4. The van der Waals surface area contributed by atoms with E-state index < -0.39 is 0 Å². The SMILES string of the molecule is O=c1n(Cc2ccccc2F)nc2c3ccccc3nc(C3CC3)n12. The van der Waals surface area contributed by atoms with Crippen molar-refractivity contribution in [3.8, 4) is 0 Å². The first kappa shape index (κ1) is 14.3. The van der Waals surface area contributed by atoms with Crippen LogP contribution in [0, 0.1) is 5.82 Å². The van der Waals surface area contributed by atoms with Crippen molar-refractivity contribution in [1.29, 1.82) is 0 Å². The molecule has 0 aliphatic heterocycles. The summed E-state index contributed by atoms with van der Waals surface area (Å²) in [7, 11) is 0. The Morgan fingerprint density at radius 1 is 1.08 bits per heavy atom. The first-order chi connectivity index (χ1) is 12.2. The molecule has 4 aromatic rings. The van der Waals surface area contributed by atoms with Gasteiger partial charge in [0.05, 0.1) is 12.1 Å². The van der Waals surface area contributed by atoms with Gasteiger partial charge in [-0.3, -0.25) is 0 Å². The summed E-state index contributed by atoms with van der Waals surface area (Å²) in [6.45, 7) is 0.103. The van der Waals surface area contributed by atoms with Crippen molar-refractivity contribution in [1.82, 2.24) is 19.2 Å². The fourth-order valence-electron chi connectivity index (χ4n) is 3.23. The van der Waals surface area contributed by atoms with Crippen molar-refractivity contribution in [3.05, 3.63) is 76.2 Å². The van der Waals surface area contributed by atoms with E-state index in [1.165, 1.54) is 10.7 Å². The molecule has 6 heteroatoms. The molecule has 1 aliphatic rings. The van der Waals surface area contributed by atoms with Crippen molar-refractivity contribution in [2.24, 2.45) is 0 Å². The summed E-state index contributed by atoms with van der Waals surface area (Å²) < 4.78 is 16.9. The van der Waals surface area contributed by atoms with E-state index >= 15 is 0 Å². The van der Waals surface area contributed by atoms with Crippen LogP contribution in [0.2, 0.25) is 0 Å². The third-order valence-corrected chi connectivity index (χ3v) is 4.67. The number of benzene rings is 2. The molecule has 0 unspecified atom stereocenters. The molecule has 2 heterocycles. The van der Waals surface area contributed by atoms with Crippen LogP contribution >= 0.6 is 0 Å². The van der Waals surface area contributed by atoms with Crippen molar-refractivity contribution in [2.75, 3.05) is 0 Å². The van der Waals surface area contributed by atoms with Crippen LogP contribution < -0.4 is 5.69 Å². The van der Waals surface area contributed by atoms with E-state index in [0.29, 0.717) is 17.1 Å². The summed E-state index contributed by atoms with van der Waals surface area (Å²) in [5.41, 5.74) is 1.60. The quantitative estimate of drug-likeness (QED) is 0.578. The number of para-hydroxylation sites is 1. The number of nitrogens with zero attached hydrogens (tertiary/aromatic N) is 4. The van der Waals surface area contributed by atoms with Crippen LogP contribution in [0.15, 0.2) is 53.3 Å². The first-order valence-electron chi connectivity index (χ1n) is 8.34. The van der Waals surface area contributed by atoms with Crippen LogP contribution in [0.1, 0.15) is 30.1 Å². The number of fused-ring (bicyclic) bond motifs is 3. The van der Waals surface area contributed by atoms with Gasteiger partial charge in [0.1, 0.15) is 11.6 Å². The lowest BCUT2D eigenvalue weighted by atomic mass is 10.2. The van der Waals surface area contributed by atoms with Crippen LogP contribution in [0.3, 0.4) is 0 Å². The third kappa shape index (κ3) is 2.25. The number of hydrogen-bond donors (Lipinski definition) is 0. The van der Waals surface area contributed by atoms with Gasteiger partial charge < -0.3 is 0 Å². The molecule has 1 saturated carbocycles. The zero-order valence-electron chi connectivity index (χ0n) is 13.4. The average molecular weight is 334 g/mol. The predicted molar refractivity (Wildman–Crippen MR) is 92.2 cm³/mol. The Labute approximate surface area is 142 Å². The predicted octanol–water partition coefficient (Wildman–Crippen LogP) is 3.11. The first-order valence-corrected chi connectivity index (χ1v) is 8.34. The Bertz CT molecular complexity index is 1170. The highest BCUT2D eigenvalue weighted by atomic mass is 19.1. The minimum atomic E-state index is -0.336. The number of rotatable bonds is 3. The van der Waals surface area contributed by atoms with Gasteiger partial charge in [-0.05, 0) is 31.0 Å².